The molecule has 7 nitrogen and oxygen atoms in total. The lowest BCUT2D eigenvalue weighted by molar-refractivity contribution is -0.130. The Bertz CT molecular complexity index is 674. The van der Waals surface area contributed by atoms with Crippen LogP contribution in [0.4, 0.5) is 0 Å². The lowest BCUT2D eigenvalue weighted by atomic mass is 10.2. The summed E-state index contributed by atoms with van der Waals surface area (Å²) < 4.78 is 2.75. The van der Waals surface area contributed by atoms with Crippen molar-refractivity contribution in [2.75, 3.05) is 13.6 Å². The quantitative estimate of drug-likeness (QED) is 0.820. The molecule has 0 spiro atoms. The molecule has 21 heavy (non-hydrogen) atoms. The fourth-order valence-corrected chi connectivity index (χ4v) is 2.01. The second kappa shape index (κ2) is 6.53. The Kier molecular flexibility index (Phi) is 4.74. The maximum Gasteiger partial charge on any atom is 0.350 e. The van der Waals surface area contributed by atoms with Gasteiger partial charge >= 0.3 is 5.69 Å². The molecule has 1 atom stereocenters. The number of amides is 1. The summed E-state index contributed by atoms with van der Waals surface area (Å²) in [6, 6.07) is 5.31. The molecule has 114 valence electrons. The van der Waals surface area contributed by atoms with Gasteiger partial charge in [-0.2, -0.15) is 0 Å². The van der Waals surface area contributed by atoms with E-state index in [1.54, 1.807) is 43.3 Å². The van der Waals surface area contributed by atoms with Gasteiger partial charge in [0.25, 0.3) is 0 Å². The Balaban J connectivity index is 1.97. The highest BCUT2D eigenvalue weighted by Crippen LogP contribution is 1.99. The van der Waals surface area contributed by atoms with Gasteiger partial charge in [-0.25, -0.2) is 9.48 Å². The summed E-state index contributed by atoms with van der Waals surface area (Å²) in [7, 11) is 1.69. The predicted molar refractivity (Wildman–Crippen MR) is 78.0 cm³/mol. The van der Waals surface area contributed by atoms with E-state index < -0.39 is 6.10 Å². The monoisotopic (exact) mass is 292 g/mol. The first kappa shape index (κ1) is 15.2. The molecule has 0 aliphatic rings. The Morgan fingerprint density at radius 3 is 2.90 bits per heavy atom. The highest BCUT2D eigenvalue weighted by Gasteiger charge is 2.12. The third-order valence-electron chi connectivity index (χ3n) is 3.33. The van der Waals surface area contributed by atoms with Crippen LogP contribution in [0.25, 0.3) is 5.65 Å². The van der Waals surface area contributed by atoms with Crippen LogP contribution in [0, 0.1) is 0 Å². The molecule has 1 unspecified atom stereocenters. The second-order valence-corrected chi connectivity index (χ2v) is 5.14. The third-order valence-corrected chi connectivity index (χ3v) is 3.33. The number of fused-ring (bicyclic) bond motifs is 1. The number of aromatic nitrogens is 3. The summed E-state index contributed by atoms with van der Waals surface area (Å²) in [5.74, 6) is -0.0698. The van der Waals surface area contributed by atoms with E-state index in [0.29, 0.717) is 18.6 Å². The number of carbonyl (C=O) groups is 1. The maximum absolute atomic E-state index is 12.0. The van der Waals surface area contributed by atoms with E-state index in [2.05, 4.69) is 5.10 Å². The van der Waals surface area contributed by atoms with Crippen LogP contribution < -0.4 is 5.69 Å². The third kappa shape index (κ3) is 3.69. The first-order valence-electron chi connectivity index (χ1n) is 6.95. The van der Waals surface area contributed by atoms with Crippen LogP contribution in [0.5, 0.6) is 0 Å². The predicted octanol–water partition coefficient (Wildman–Crippen LogP) is 0.115. The van der Waals surface area contributed by atoms with Gasteiger partial charge in [-0.3, -0.25) is 9.20 Å². The van der Waals surface area contributed by atoms with E-state index in [1.165, 1.54) is 9.08 Å². The number of aliphatic hydroxyl groups excluding tert-OH is 1. The van der Waals surface area contributed by atoms with E-state index in [1.807, 2.05) is 0 Å². The van der Waals surface area contributed by atoms with Gasteiger partial charge in [-0.15, -0.1) is 5.10 Å². The van der Waals surface area contributed by atoms with Crippen molar-refractivity contribution in [3.63, 3.8) is 0 Å². The zero-order chi connectivity index (χ0) is 15.4. The van der Waals surface area contributed by atoms with Crippen molar-refractivity contribution in [2.45, 2.75) is 32.4 Å². The fraction of sp³-hybridized carbons (Fsp3) is 0.500. The molecular weight excluding hydrogens is 272 g/mol. The van der Waals surface area contributed by atoms with Gasteiger partial charge in [0.15, 0.2) is 5.65 Å². The Morgan fingerprint density at radius 1 is 1.48 bits per heavy atom. The summed E-state index contributed by atoms with van der Waals surface area (Å²) in [5.41, 5.74) is 0.322. The highest BCUT2D eigenvalue weighted by molar-refractivity contribution is 5.75. The lowest BCUT2D eigenvalue weighted by Gasteiger charge is -2.17. The molecule has 0 fully saturated rings. The van der Waals surface area contributed by atoms with Gasteiger partial charge in [0, 0.05) is 26.2 Å². The first-order chi connectivity index (χ1) is 9.99. The summed E-state index contributed by atoms with van der Waals surface area (Å²) in [6.07, 6.45) is 1.97. The minimum Gasteiger partial charge on any atom is -0.393 e. The molecule has 0 bridgehead atoms. The van der Waals surface area contributed by atoms with Crippen LogP contribution in [0.2, 0.25) is 0 Å². The van der Waals surface area contributed by atoms with Crippen molar-refractivity contribution in [1.29, 1.82) is 0 Å². The van der Waals surface area contributed by atoms with Crippen molar-refractivity contribution < 1.29 is 9.90 Å². The van der Waals surface area contributed by atoms with Crippen LogP contribution in [-0.2, 0) is 11.3 Å². The molecule has 2 heterocycles. The number of aryl methyl sites for hydroxylation is 1. The Labute approximate surface area is 122 Å². The molecule has 1 amide bonds. The van der Waals surface area contributed by atoms with E-state index in [0.717, 1.165) is 0 Å². The van der Waals surface area contributed by atoms with Gasteiger partial charge in [0.1, 0.15) is 0 Å². The van der Waals surface area contributed by atoms with Crippen LogP contribution in [-0.4, -0.2) is 49.8 Å². The smallest absolute Gasteiger partial charge is 0.350 e. The van der Waals surface area contributed by atoms with E-state index in [-0.39, 0.29) is 24.6 Å². The molecule has 1 N–H and O–H groups in total. The van der Waals surface area contributed by atoms with E-state index in [9.17, 15) is 14.7 Å². The maximum atomic E-state index is 12.0. The number of hydrogen-bond acceptors (Lipinski definition) is 4. The SMILES string of the molecule is CC(O)CCN(C)C(=O)CCn1nc2ccccn2c1=O. The van der Waals surface area contributed by atoms with Crippen LogP contribution >= 0.6 is 0 Å². The number of aliphatic hydroxyl groups is 1. The average molecular weight is 292 g/mol. The normalized spacial score (nSPS) is 12.5. The van der Waals surface area contributed by atoms with Crippen LogP contribution in [0.1, 0.15) is 19.8 Å². The number of hydrogen-bond donors (Lipinski definition) is 1. The summed E-state index contributed by atoms with van der Waals surface area (Å²) >= 11 is 0. The molecule has 0 saturated heterocycles. The van der Waals surface area contributed by atoms with Gasteiger partial charge < -0.3 is 10.0 Å². The van der Waals surface area contributed by atoms with Gasteiger partial charge in [0.2, 0.25) is 5.91 Å². The van der Waals surface area contributed by atoms with E-state index in [4.69, 9.17) is 0 Å². The molecule has 0 aliphatic carbocycles. The van der Waals surface area contributed by atoms with Crippen molar-refractivity contribution in [1.82, 2.24) is 19.1 Å². The largest absolute Gasteiger partial charge is 0.393 e. The van der Waals surface area contributed by atoms with Crippen LogP contribution in [0.15, 0.2) is 29.2 Å². The summed E-state index contributed by atoms with van der Waals surface area (Å²) in [6.45, 7) is 2.43. The number of pyridine rings is 1. The zero-order valence-electron chi connectivity index (χ0n) is 12.3. The fourth-order valence-electron chi connectivity index (χ4n) is 2.01. The Hall–Kier alpha value is -2.15. The molecule has 2 rings (SSSR count). The van der Waals surface area contributed by atoms with Crippen LogP contribution in [0.3, 0.4) is 0 Å². The molecule has 2 aromatic rings. The average Bonchev–Trinajstić information content (AvgIpc) is 2.79. The minimum atomic E-state index is -0.429. The molecule has 0 aromatic carbocycles. The second-order valence-electron chi connectivity index (χ2n) is 5.14. The first-order valence-corrected chi connectivity index (χ1v) is 6.95. The standard InChI is InChI=1S/C14H20N4O3/c1-11(19)6-9-16(2)13(20)7-10-18-14(21)17-8-4-3-5-12(17)15-18/h3-5,8,11,19H,6-7,9-10H2,1-2H3. The number of rotatable bonds is 6. The molecule has 2 aromatic heterocycles. The molecule has 0 radical (unpaired) electrons. The topological polar surface area (TPSA) is 79.8 Å². The molecular formula is C14H20N4O3. The summed E-state index contributed by atoms with van der Waals surface area (Å²) in [4.78, 5) is 25.5. The summed E-state index contributed by atoms with van der Waals surface area (Å²) in [5, 5.41) is 13.4. The van der Waals surface area contributed by atoms with Gasteiger partial charge in [0.05, 0.1) is 12.6 Å². The highest BCUT2D eigenvalue weighted by atomic mass is 16.3. The Morgan fingerprint density at radius 2 is 2.24 bits per heavy atom. The number of carbonyl (C=O) groups excluding carboxylic acids is 1. The van der Waals surface area contributed by atoms with Gasteiger partial charge in [-0.1, -0.05) is 6.07 Å². The molecule has 0 saturated carbocycles. The lowest BCUT2D eigenvalue weighted by Crippen LogP contribution is -2.31. The van der Waals surface area contributed by atoms with Crippen molar-refractivity contribution in [3.05, 3.63) is 34.9 Å². The molecule has 0 aliphatic heterocycles. The van der Waals surface area contributed by atoms with E-state index >= 15 is 0 Å². The van der Waals surface area contributed by atoms with Crippen molar-refractivity contribution in [3.8, 4) is 0 Å². The zero-order valence-corrected chi connectivity index (χ0v) is 12.3. The molecule has 7 heteroatoms. The number of nitrogens with zero attached hydrogens (tertiary/aromatic N) is 4. The minimum absolute atomic E-state index is 0.0698. The van der Waals surface area contributed by atoms with Crippen molar-refractivity contribution >= 4 is 11.6 Å². The van der Waals surface area contributed by atoms with Crippen molar-refractivity contribution in [2.24, 2.45) is 0 Å². The van der Waals surface area contributed by atoms with Gasteiger partial charge in [-0.05, 0) is 25.5 Å².